The maximum atomic E-state index is 11.2. The average molecular weight is 284 g/mol. The van der Waals surface area contributed by atoms with Crippen LogP contribution < -0.4 is 16.4 Å². The van der Waals surface area contributed by atoms with Gasteiger partial charge in [-0.05, 0) is 25.1 Å². The molecule has 1 rings (SSSR count). The van der Waals surface area contributed by atoms with E-state index >= 15 is 0 Å². The first-order valence-corrected chi connectivity index (χ1v) is 6.29. The van der Waals surface area contributed by atoms with E-state index in [2.05, 4.69) is 0 Å². The second-order valence-electron chi connectivity index (χ2n) is 4.23. The molecule has 0 aliphatic carbocycles. The molecule has 0 atom stereocenters. The quantitative estimate of drug-likeness (QED) is 0.286. The molecule has 20 heavy (non-hydrogen) atoms. The Morgan fingerprint density at radius 1 is 1.25 bits per heavy atom. The van der Waals surface area contributed by atoms with Crippen molar-refractivity contribution in [1.82, 2.24) is 0 Å². The summed E-state index contributed by atoms with van der Waals surface area (Å²) >= 11 is 0. The van der Waals surface area contributed by atoms with E-state index in [1.807, 2.05) is 0 Å². The fourth-order valence-corrected chi connectivity index (χ4v) is 2.14. The lowest BCUT2D eigenvalue weighted by Gasteiger charge is -2.25. The number of nitro groups is 1. The largest absolute Gasteiger partial charge is 0.395 e. The van der Waals surface area contributed by atoms with E-state index in [-0.39, 0.29) is 44.2 Å². The lowest BCUT2D eigenvalue weighted by molar-refractivity contribution is -0.384. The van der Waals surface area contributed by atoms with Gasteiger partial charge in [-0.1, -0.05) is 0 Å². The van der Waals surface area contributed by atoms with Gasteiger partial charge in [0.1, 0.15) is 5.69 Å². The molecule has 0 heterocycles. The highest BCUT2D eigenvalue weighted by atomic mass is 16.6. The molecule has 8 nitrogen and oxygen atoms in total. The molecule has 0 unspecified atom stereocenters. The first-order chi connectivity index (χ1) is 9.56. The molecule has 0 spiro atoms. The van der Waals surface area contributed by atoms with Crippen molar-refractivity contribution in [3.63, 3.8) is 0 Å². The number of nitrogens with zero attached hydrogens (tertiary/aromatic N) is 2. The average Bonchev–Trinajstić information content (AvgIpc) is 2.39. The lowest BCUT2D eigenvalue weighted by Crippen LogP contribution is -2.31. The van der Waals surface area contributed by atoms with Crippen molar-refractivity contribution in [3.8, 4) is 0 Å². The fraction of sp³-hybridized carbons (Fsp3) is 0.500. The van der Waals surface area contributed by atoms with Gasteiger partial charge in [0.25, 0.3) is 5.69 Å². The van der Waals surface area contributed by atoms with Crippen LogP contribution >= 0.6 is 0 Å². The van der Waals surface area contributed by atoms with Gasteiger partial charge in [-0.15, -0.1) is 0 Å². The van der Waals surface area contributed by atoms with Gasteiger partial charge in [-0.2, -0.15) is 0 Å². The van der Waals surface area contributed by atoms with E-state index in [0.29, 0.717) is 17.7 Å². The van der Waals surface area contributed by atoms with Crippen molar-refractivity contribution in [2.45, 2.75) is 6.42 Å². The number of hydrogen-bond acceptors (Lipinski definition) is 7. The predicted octanol–water partition coefficient (Wildman–Crippen LogP) is -0.531. The molecular weight excluding hydrogens is 264 g/mol. The van der Waals surface area contributed by atoms with Crippen LogP contribution in [-0.2, 0) is 6.42 Å². The second-order valence-corrected chi connectivity index (χ2v) is 4.23. The second kappa shape index (κ2) is 7.63. The van der Waals surface area contributed by atoms with Gasteiger partial charge in [0.05, 0.1) is 23.7 Å². The summed E-state index contributed by atoms with van der Waals surface area (Å²) in [5.41, 5.74) is 12.1. The lowest BCUT2D eigenvalue weighted by atomic mass is 10.0. The highest BCUT2D eigenvalue weighted by Gasteiger charge is 2.23. The summed E-state index contributed by atoms with van der Waals surface area (Å²) in [7, 11) is 0. The Hall–Kier alpha value is -1.90. The summed E-state index contributed by atoms with van der Waals surface area (Å²) in [4.78, 5) is 12.3. The molecule has 6 N–H and O–H groups in total. The summed E-state index contributed by atoms with van der Waals surface area (Å²) in [5.74, 6) is 0. The molecule has 0 bridgehead atoms. The molecule has 0 amide bonds. The van der Waals surface area contributed by atoms with Crippen molar-refractivity contribution in [2.24, 2.45) is 5.73 Å². The van der Waals surface area contributed by atoms with Crippen molar-refractivity contribution < 1.29 is 15.1 Å². The third-order valence-corrected chi connectivity index (χ3v) is 2.95. The molecule has 1 aromatic carbocycles. The zero-order chi connectivity index (χ0) is 15.1. The Morgan fingerprint density at radius 2 is 1.85 bits per heavy atom. The molecule has 0 saturated carbocycles. The molecule has 0 aromatic heterocycles. The van der Waals surface area contributed by atoms with E-state index in [1.165, 1.54) is 6.07 Å². The minimum atomic E-state index is -0.528. The first kappa shape index (κ1) is 16.2. The van der Waals surface area contributed by atoms with Crippen molar-refractivity contribution >= 4 is 17.1 Å². The first-order valence-electron chi connectivity index (χ1n) is 6.29. The molecule has 1 aromatic rings. The van der Waals surface area contributed by atoms with E-state index in [0.717, 1.165) is 0 Å². The van der Waals surface area contributed by atoms with Gasteiger partial charge in [0.15, 0.2) is 0 Å². The SMILES string of the molecule is NCCc1c(N(CCO)CCO)ccc(N)c1[N+](=O)[O-]. The topological polar surface area (TPSA) is 139 Å². The van der Waals surface area contributed by atoms with Crippen LogP contribution in [0.25, 0.3) is 0 Å². The number of nitro benzene ring substituents is 1. The van der Waals surface area contributed by atoms with Crippen molar-refractivity contribution in [2.75, 3.05) is 43.5 Å². The maximum Gasteiger partial charge on any atom is 0.297 e. The van der Waals surface area contributed by atoms with Crippen molar-refractivity contribution in [3.05, 3.63) is 27.8 Å². The normalized spacial score (nSPS) is 10.6. The summed E-state index contributed by atoms with van der Waals surface area (Å²) in [5, 5.41) is 29.3. The predicted molar refractivity (Wildman–Crippen MR) is 76.7 cm³/mol. The molecule has 112 valence electrons. The Labute approximate surface area is 116 Å². The van der Waals surface area contributed by atoms with Gasteiger partial charge >= 0.3 is 0 Å². The van der Waals surface area contributed by atoms with E-state index < -0.39 is 4.92 Å². The van der Waals surface area contributed by atoms with Crippen LogP contribution in [0, 0.1) is 10.1 Å². The molecule has 0 radical (unpaired) electrons. The van der Waals surface area contributed by atoms with Crippen LogP contribution in [-0.4, -0.2) is 48.0 Å². The third kappa shape index (κ3) is 3.56. The zero-order valence-corrected chi connectivity index (χ0v) is 11.2. The monoisotopic (exact) mass is 284 g/mol. The molecule has 8 heteroatoms. The summed E-state index contributed by atoms with van der Waals surface area (Å²) in [6.45, 7) is 0.516. The standard InChI is InChI=1S/C12H20N4O4/c13-4-3-9-11(15(5-7-17)6-8-18)2-1-10(14)12(9)16(19)20/h1-2,17-18H,3-8,13-14H2. The minimum Gasteiger partial charge on any atom is -0.395 e. The van der Waals surface area contributed by atoms with Crippen LogP contribution in [0.2, 0.25) is 0 Å². The van der Waals surface area contributed by atoms with Gasteiger partial charge in [-0.25, -0.2) is 0 Å². The number of nitrogen functional groups attached to an aromatic ring is 1. The number of nitrogens with two attached hydrogens (primary N) is 2. The molecule has 0 aliphatic heterocycles. The molecule has 0 saturated heterocycles. The van der Waals surface area contributed by atoms with Crippen LogP contribution in [0.1, 0.15) is 5.56 Å². The number of aliphatic hydroxyl groups excluding tert-OH is 2. The van der Waals surface area contributed by atoms with Crippen LogP contribution in [0.3, 0.4) is 0 Å². The van der Waals surface area contributed by atoms with Crippen LogP contribution in [0.15, 0.2) is 12.1 Å². The number of anilines is 2. The highest BCUT2D eigenvalue weighted by Crippen LogP contribution is 2.34. The van der Waals surface area contributed by atoms with Gasteiger partial charge < -0.3 is 26.6 Å². The molecular formula is C12H20N4O4. The number of benzene rings is 1. The summed E-state index contributed by atoms with van der Waals surface area (Å²) < 4.78 is 0. The van der Waals surface area contributed by atoms with Gasteiger partial charge in [0.2, 0.25) is 0 Å². The number of rotatable bonds is 8. The van der Waals surface area contributed by atoms with Crippen LogP contribution in [0.5, 0.6) is 0 Å². The zero-order valence-electron chi connectivity index (χ0n) is 11.2. The highest BCUT2D eigenvalue weighted by molar-refractivity contribution is 5.73. The fourth-order valence-electron chi connectivity index (χ4n) is 2.14. The molecule has 0 aliphatic rings. The van der Waals surface area contributed by atoms with Crippen LogP contribution in [0.4, 0.5) is 17.1 Å². The maximum absolute atomic E-state index is 11.2. The van der Waals surface area contributed by atoms with Gasteiger partial charge in [-0.3, -0.25) is 10.1 Å². The summed E-state index contributed by atoms with van der Waals surface area (Å²) in [6, 6.07) is 3.11. The van der Waals surface area contributed by atoms with E-state index in [9.17, 15) is 10.1 Å². The number of aliphatic hydroxyl groups is 2. The third-order valence-electron chi connectivity index (χ3n) is 2.95. The Morgan fingerprint density at radius 3 is 2.30 bits per heavy atom. The number of hydrogen-bond donors (Lipinski definition) is 4. The smallest absolute Gasteiger partial charge is 0.297 e. The minimum absolute atomic E-state index is 0.0788. The van der Waals surface area contributed by atoms with E-state index in [1.54, 1.807) is 11.0 Å². The van der Waals surface area contributed by atoms with Crippen molar-refractivity contribution in [1.29, 1.82) is 0 Å². The van der Waals surface area contributed by atoms with Gasteiger partial charge in [0, 0.05) is 18.8 Å². The Bertz CT molecular complexity index is 461. The van der Waals surface area contributed by atoms with E-state index in [4.69, 9.17) is 21.7 Å². The molecule has 0 fully saturated rings. The Balaban J connectivity index is 3.36. The Kier molecular flexibility index (Phi) is 6.16. The summed E-state index contributed by atoms with van der Waals surface area (Å²) in [6.07, 6.45) is 0.296.